The highest BCUT2D eigenvalue weighted by molar-refractivity contribution is 5.90. The Labute approximate surface area is 165 Å². The van der Waals surface area contributed by atoms with E-state index in [1.807, 2.05) is 30.3 Å². The van der Waals surface area contributed by atoms with Crippen LogP contribution in [0, 0.1) is 50.2 Å². The van der Waals surface area contributed by atoms with Crippen molar-refractivity contribution >= 4 is 5.90 Å². The van der Waals surface area contributed by atoms with E-state index in [1.165, 1.54) is 0 Å². The molecular weight excluding hydrogens is 352 g/mol. The number of fused-ring (bicyclic) bond motifs is 2. The van der Waals surface area contributed by atoms with Crippen LogP contribution in [0.1, 0.15) is 57.4 Å². The molecule has 3 rings (SSSR count). The first-order chi connectivity index (χ1) is 13.5. The SMILES string of the molecule is CCCCCCC1OC2(C)OC(=N)C(C#N)(C2c2ccccc2)C1(C#N)C#N. The summed E-state index contributed by atoms with van der Waals surface area (Å²) in [6.07, 6.45) is 3.53. The van der Waals surface area contributed by atoms with Crippen molar-refractivity contribution in [1.29, 1.82) is 21.2 Å². The molecular formula is C22H24N4O2. The van der Waals surface area contributed by atoms with Gasteiger partial charge in [-0.2, -0.15) is 15.8 Å². The molecule has 2 aliphatic rings. The third-order valence-electron chi connectivity index (χ3n) is 6.08. The van der Waals surface area contributed by atoms with Crippen molar-refractivity contribution in [2.24, 2.45) is 10.8 Å². The third kappa shape index (κ3) is 2.51. The summed E-state index contributed by atoms with van der Waals surface area (Å²) in [5.74, 6) is -2.38. The van der Waals surface area contributed by atoms with Crippen LogP contribution >= 0.6 is 0 Å². The van der Waals surface area contributed by atoms with E-state index in [1.54, 1.807) is 6.92 Å². The van der Waals surface area contributed by atoms with Crippen LogP contribution < -0.4 is 0 Å². The van der Waals surface area contributed by atoms with Gasteiger partial charge >= 0.3 is 0 Å². The van der Waals surface area contributed by atoms with Crippen molar-refractivity contribution in [1.82, 2.24) is 0 Å². The number of nitrogens with zero attached hydrogens (tertiary/aromatic N) is 3. The second kappa shape index (κ2) is 7.27. The number of hydrogen-bond acceptors (Lipinski definition) is 6. The Balaban J connectivity index is 2.15. The molecule has 2 bridgehead atoms. The Hall–Kier alpha value is -2.88. The molecule has 1 N–H and O–H groups in total. The fourth-order valence-corrected chi connectivity index (χ4v) is 4.77. The zero-order valence-corrected chi connectivity index (χ0v) is 16.2. The third-order valence-corrected chi connectivity index (χ3v) is 6.08. The Morgan fingerprint density at radius 3 is 2.29 bits per heavy atom. The van der Waals surface area contributed by atoms with Crippen LogP contribution in [0.3, 0.4) is 0 Å². The molecule has 0 saturated carbocycles. The smallest absolute Gasteiger partial charge is 0.218 e. The summed E-state index contributed by atoms with van der Waals surface area (Å²) in [6.45, 7) is 3.81. The molecule has 1 aromatic carbocycles. The molecule has 28 heavy (non-hydrogen) atoms. The first kappa shape index (κ1) is 19.9. The second-order valence-electron chi connectivity index (χ2n) is 7.70. The fraction of sp³-hybridized carbons (Fsp3) is 0.545. The van der Waals surface area contributed by atoms with Gasteiger partial charge in [-0.25, -0.2) is 0 Å². The minimum Gasteiger partial charge on any atom is -0.447 e. The number of nitrogens with one attached hydrogen (secondary N) is 1. The lowest BCUT2D eigenvalue weighted by Gasteiger charge is -2.48. The zero-order valence-electron chi connectivity index (χ0n) is 16.2. The van der Waals surface area contributed by atoms with Crippen molar-refractivity contribution in [3.05, 3.63) is 35.9 Å². The summed E-state index contributed by atoms with van der Waals surface area (Å²) in [5.41, 5.74) is -2.82. The summed E-state index contributed by atoms with van der Waals surface area (Å²) in [5, 5.41) is 39.1. The minimum atomic E-state index is -1.82. The molecule has 0 spiro atoms. The molecule has 0 aliphatic carbocycles. The van der Waals surface area contributed by atoms with Gasteiger partial charge in [0.2, 0.25) is 11.7 Å². The average Bonchev–Trinajstić information content (AvgIpc) is 2.89. The van der Waals surface area contributed by atoms with E-state index in [9.17, 15) is 15.8 Å². The van der Waals surface area contributed by atoms with Crippen molar-refractivity contribution < 1.29 is 9.47 Å². The van der Waals surface area contributed by atoms with Crippen LogP contribution in [0.2, 0.25) is 0 Å². The van der Waals surface area contributed by atoms with Gasteiger partial charge in [0.25, 0.3) is 0 Å². The molecule has 2 aliphatic heterocycles. The second-order valence-corrected chi connectivity index (χ2v) is 7.70. The maximum absolute atomic E-state index is 10.3. The first-order valence-electron chi connectivity index (χ1n) is 9.70. The Morgan fingerprint density at radius 2 is 1.71 bits per heavy atom. The molecule has 2 heterocycles. The average molecular weight is 376 g/mol. The molecule has 6 nitrogen and oxygen atoms in total. The molecule has 0 amide bonds. The van der Waals surface area contributed by atoms with E-state index in [0.717, 1.165) is 25.7 Å². The molecule has 4 atom stereocenters. The van der Waals surface area contributed by atoms with E-state index in [2.05, 4.69) is 25.1 Å². The van der Waals surface area contributed by atoms with E-state index < -0.39 is 28.6 Å². The maximum atomic E-state index is 10.3. The zero-order chi connectivity index (χ0) is 20.4. The highest BCUT2D eigenvalue weighted by atomic mass is 16.7. The van der Waals surface area contributed by atoms with Gasteiger partial charge in [0.1, 0.15) is 0 Å². The Kier molecular flexibility index (Phi) is 5.16. The van der Waals surface area contributed by atoms with Crippen LogP contribution in [0.4, 0.5) is 0 Å². The van der Waals surface area contributed by atoms with Gasteiger partial charge in [-0.3, -0.25) is 5.41 Å². The number of hydrogen-bond donors (Lipinski definition) is 1. The summed E-state index contributed by atoms with van der Waals surface area (Å²) < 4.78 is 12.0. The van der Waals surface area contributed by atoms with Crippen molar-refractivity contribution in [2.45, 2.75) is 63.8 Å². The molecule has 2 saturated heterocycles. The van der Waals surface area contributed by atoms with Crippen LogP contribution in [0.5, 0.6) is 0 Å². The highest BCUT2D eigenvalue weighted by Crippen LogP contribution is 2.66. The molecule has 6 heteroatoms. The minimum absolute atomic E-state index is 0.356. The van der Waals surface area contributed by atoms with E-state index >= 15 is 0 Å². The van der Waals surface area contributed by atoms with Crippen LogP contribution in [-0.2, 0) is 9.47 Å². The van der Waals surface area contributed by atoms with Crippen molar-refractivity contribution in [2.75, 3.05) is 0 Å². The van der Waals surface area contributed by atoms with Crippen LogP contribution in [0.15, 0.2) is 30.3 Å². The molecule has 0 radical (unpaired) electrons. The molecule has 2 fully saturated rings. The molecule has 1 aromatic rings. The van der Waals surface area contributed by atoms with Gasteiger partial charge in [0.15, 0.2) is 10.8 Å². The monoisotopic (exact) mass is 376 g/mol. The van der Waals surface area contributed by atoms with E-state index in [0.29, 0.717) is 12.0 Å². The normalized spacial score (nSPS) is 32.6. The molecule has 144 valence electrons. The topological polar surface area (TPSA) is 114 Å². The Morgan fingerprint density at radius 1 is 1.04 bits per heavy atom. The van der Waals surface area contributed by atoms with Gasteiger partial charge in [0, 0.05) is 6.92 Å². The largest absolute Gasteiger partial charge is 0.447 e. The van der Waals surface area contributed by atoms with E-state index in [-0.39, 0.29) is 5.90 Å². The molecule has 4 unspecified atom stereocenters. The van der Waals surface area contributed by atoms with Crippen LogP contribution in [-0.4, -0.2) is 17.8 Å². The van der Waals surface area contributed by atoms with Gasteiger partial charge in [-0.1, -0.05) is 62.9 Å². The van der Waals surface area contributed by atoms with Crippen molar-refractivity contribution in [3.63, 3.8) is 0 Å². The summed E-state index contributed by atoms with van der Waals surface area (Å²) >= 11 is 0. The summed E-state index contributed by atoms with van der Waals surface area (Å²) in [4.78, 5) is 0. The highest BCUT2D eigenvalue weighted by Gasteiger charge is 2.79. The van der Waals surface area contributed by atoms with E-state index in [4.69, 9.17) is 14.9 Å². The standard InChI is InChI=1S/C22H24N4O2/c1-3-4-5-9-12-17-21(13-23,14-24)22(15-25)18(16-10-7-6-8-11-16)20(2,27-17)28-19(22)26/h6-8,10-11,17-18,26H,3-5,9,12H2,1-2H3. The van der Waals surface area contributed by atoms with Crippen LogP contribution in [0.25, 0.3) is 0 Å². The maximum Gasteiger partial charge on any atom is 0.218 e. The van der Waals surface area contributed by atoms with Gasteiger partial charge in [-0.15, -0.1) is 0 Å². The number of unbranched alkanes of at least 4 members (excludes halogenated alkanes) is 3. The molecule has 0 aromatic heterocycles. The number of rotatable bonds is 6. The lowest BCUT2D eigenvalue weighted by molar-refractivity contribution is -0.251. The van der Waals surface area contributed by atoms with Gasteiger partial charge in [0.05, 0.1) is 30.2 Å². The lowest BCUT2D eigenvalue weighted by Crippen LogP contribution is -2.60. The predicted octanol–water partition coefficient (Wildman–Crippen LogP) is 4.41. The predicted molar refractivity (Wildman–Crippen MR) is 102 cm³/mol. The first-order valence-corrected chi connectivity index (χ1v) is 9.70. The number of ether oxygens (including phenoxy) is 2. The Bertz CT molecular complexity index is 865. The summed E-state index contributed by atoms with van der Waals surface area (Å²) in [7, 11) is 0. The van der Waals surface area contributed by atoms with Crippen molar-refractivity contribution in [3.8, 4) is 18.2 Å². The van der Waals surface area contributed by atoms with Gasteiger partial charge in [-0.05, 0) is 12.0 Å². The lowest BCUT2D eigenvalue weighted by atomic mass is 9.52. The quantitative estimate of drug-likeness (QED) is 0.739. The number of benzene rings is 1. The fourth-order valence-electron chi connectivity index (χ4n) is 4.77. The van der Waals surface area contributed by atoms with Gasteiger partial charge < -0.3 is 9.47 Å². The number of nitriles is 3. The summed E-state index contributed by atoms with van der Waals surface area (Å²) in [6, 6.07) is 15.5.